The number of hydrogen-bond acceptors (Lipinski definition) is 2. The van der Waals surface area contributed by atoms with E-state index < -0.39 is 0 Å². The minimum Gasteiger partial charge on any atom is -0.494 e. The van der Waals surface area contributed by atoms with Gasteiger partial charge in [0.25, 0.3) is 0 Å². The van der Waals surface area contributed by atoms with Crippen LogP contribution in [0.4, 0.5) is 0 Å². The van der Waals surface area contributed by atoms with E-state index in [9.17, 15) is 0 Å². The fourth-order valence-electron chi connectivity index (χ4n) is 1.81. The lowest BCUT2D eigenvalue weighted by atomic mass is 10.0. The normalized spacial score (nSPS) is 20.5. The highest BCUT2D eigenvalue weighted by molar-refractivity contribution is 9.09. The molecular formula is C12H15BrO2. The van der Waals surface area contributed by atoms with Gasteiger partial charge in [0.15, 0.2) is 0 Å². The second kappa shape index (κ2) is 4.99. The van der Waals surface area contributed by atoms with Crippen LogP contribution < -0.4 is 4.74 Å². The number of ether oxygens (including phenoxy) is 2. The SMILES string of the molecule is CCOc1ccc2c(c1)C(Br)COCC2. The van der Waals surface area contributed by atoms with Crippen LogP contribution in [-0.2, 0) is 11.2 Å². The zero-order chi connectivity index (χ0) is 10.7. The van der Waals surface area contributed by atoms with E-state index in [-0.39, 0.29) is 4.83 Å². The van der Waals surface area contributed by atoms with Gasteiger partial charge >= 0.3 is 0 Å². The van der Waals surface area contributed by atoms with E-state index in [0.717, 1.165) is 25.4 Å². The molecule has 0 saturated heterocycles. The van der Waals surface area contributed by atoms with Crippen molar-refractivity contribution in [1.29, 1.82) is 0 Å². The highest BCUT2D eigenvalue weighted by Crippen LogP contribution is 2.32. The van der Waals surface area contributed by atoms with Crippen molar-refractivity contribution < 1.29 is 9.47 Å². The lowest BCUT2D eigenvalue weighted by molar-refractivity contribution is 0.146. The minimum atomic E-state index is 0.287. The summed E-state index contributed by atoms with van der Waals surface area (Å²) >= 11 is 3.64. The molecule has 0 saturated carbocycles. The number of benzene rings is 1. The highest BCUT2D eigenvalue weighted by atomic mass is 79.9. The van der Waals surface area contributed by atoms with Crippen LogP contribution in [0.1, 0.15) is 22.9 Å². The Kier molecular flexibility index (Phi) is 3.65. The molecule has 0 N–H and O–H groups in total. The van der Waals surface area contributed by atoms with Crippen LogP contribution in [0.25, 0.3) is 0 Å². The zero-order valence-corrected chi connectivity index (χ0v) is 10.4. The molecule has 2 rings (SSSR count). The van der Waals surface area contributed by atoms with Crippen LogP contribution in [0.2, 0.25) is 0 Å². The Bertz CT molecular complexity index is 338. The van der Waals surface area contributed by atoms with Gasteiger partial charge in [-0.2, -0.15) is 0 Å². The molecule has 82 valence electrons. The summed E-state index contributed by atoms with van der Waals surface area (Å²) in [6, 6.07) is 6.30. The van der Waals surface area contributed by atoms with E-state index in [0.29, 0.717) is 6.61 Å². The van der Waals surface area contributed by atoms with E-state index >= 15 is 0 Å². The van der Waals surface area contributed by atoms with Gasteiger partial charge in [0.2, 0.25) is 0 Å². The average Bonchev–Trinajstić information content (AvgIpc) is 2.42. The van der Waals surface area contributed by atoms with Gasteiger partial charge in [-0.25, -0.2) is 0 Å². The predicted molar refractivity (Wildman–Crippen MR) is 63.8 cm³/mol. The second-order valence-electron chi connectivity index (χ2n) is 3.59. The van der Waals surface area contributed by atoms with E-state index in [2.05, 4.69) is 28.1 Å². The van der Waals surface area contributed by atoms with Crippen molar-refractivity contribution in [3.8, 4) is 5.75 Å². The molecule has 2 nitrogen and oxygen atoms in total. The first-order chi connectivity index (χ1) is 7.31. The number of hydrogen-bond donors (Lipinski definition) is 0. The number of rotatable bonds is 2. The van der Waals surface area contributed by atoms with Crippen molar-refractivity contribution in [2.75, 3.05) is 19.8 Å². The van der Waals surface area contributed by atoms with E-state index in [1.54, 1.807) is 0 Å². The molecule has 1 aliphatic heterocycles. The fraction of sp³-hybridized carbons (Fsp3) is 0.500. The molecule has 1 unspecified atom stereocenters. The maximum absolute atomic E-state index is 5.50. The third kappa shape index (κ3) is 2.52. The molecule has 1 atom stereocenters. The summed E-state index contributed by atoms with van der Waals surface area (Å²) in [5.41, 5.74) is 2.66. The van der Waals surface area contributed by atoms with Crippen molar-refractivity contribution in [1.82, 2.24) is 0 Å². The summed E-state index contributed by atoms with van der Waals surface area (Å²) < 4.78 is 11.0. The third-order valence-corrected chi connectivity index (χ3v) is 3.30. The minimum absolute atomic E-state index is 0.287. The van der Waals surface area contributed by atoms with Gasteiger partial charge in [-0.1, -0.05) is 22.0 Å². The maximum atomic E-state index is 5.50. The Morgan fingerprint density at radius 3 is 3.20 bits per heavy atom. The van der Waals surface area contributed by atoms with Gasteiger partial charge in [0.1, 0.15) is 5.75 Å². The van der Waals surface area contributed by atoms with Gasteiger partial charge in [0.05, 0.1) is 24.6 Å². The Morgan fingerprint density at radius 2 is 2.40 bits per heavy atom. The number of fused-ring (bicyclic) bond motifs is 1. The molecule has 0 amide bonds. The molecule has 0 radical (unpaired) electrons. The molecule has 0 aromatic heterocycles. The first kappa shape index (κ1) is 11.0. The second-order valence-corrected chi connectivity index (χ2v) is 4.69. The Balaban J connectivity index is 2.31. The molecule has 1 heterocycles. The maximum Gasteiger partial charge on any atom is 0.119 e. The summed E-state index contributed by atoms with van der Waals surface area (Å²) in [5.74, 6) is 0.947. The summed E-state index contributed by atoms with van der Waals surface area (Å²) in [5, 5.41) is 0. The monoisotopic (exact) mass is 270 g/mol. The molecule has 0 fully saturated rings. The molecule has 3 heteroatoms. The molecule has 0 aliphatic carbocycles. The standard InChI is InChI=1S/C12H15BrO2/c1-2-15-10-4-3-9-5-6-14-8-12(13)11(9)7-10/h3-4,7,12H,2,5-6,8H2,1H3. The molecule has 1 aliphatic rings. The van der Waals surface area contributed by atoms with Crippen LogP contribution in [-0.4, -0.2) is 19.8 Å². The molecule has 1 aromatic rings. The van der Waals surface area contributed by atoms with Crippen LogP contribution in [0.3, 0.4) is 0 Å². The summed E-state index contributed by atoms with van der Waals surface area (Å²) in [4.78, 5) is 0.287. The van der Waals surface area contributed by atoms with E-state index in [1.165, 1.54) is 11.1 Å². The molecule has 0 spiro atoms. The number of alkyl halides is 1. The third-order valence-electron chi connectivity index (χ3n) is 2.55. The largest absolute Gasteiger partial charge is 0.494 e. The Labute approximate surface area is 98.7 Å². The van der Waals surface area contributed by atoms with Crippen molar-refractivity contribution in [3.63, 3.8) is 0 Å². The molecular weight excluding hydrogens is 256 g/mol. The first-order valence-corrected chi connectivity index (χ1v) is 6.20. The molecule has 0 bridgehead atoms. The lowest BCUT2D eigenvalue weighted by Crippen LogP contribution is -1.99. The van der Waals surface area contributed by atoms with Gasteiger partial charge in [-0.05, 0) is 36.6 Å². The van der Waals surface area contributed by atoms with E-state index in [4.69, 9.17) is 9.47 Å². The topological polar surface area (TPSA) is 18.5 Å². The smallest absolute Gasteiger partial charge is 0.119 e. The molecule has 15 heavy (non-hydrogen) atoms. The van der Waals surface area contributed by atoms with Gasteiger partial charge in [-0.15, -0.1) is 0 Å². The highest BCUT2D eigenvalue weighted by Gasteiger charge is 2.16. The number of halogens is 1. The van der Waals surface area contributed by atoms with Gasteiger partial charge in [0, 0.05) is 0 Å². The summed E-state index contributed by atoms with van der Waals surface area (Å²) in [6.45, 7) is 4.26. The lowest BCUT2D eigenvalue weighted by Gasteiger charge is -2.12. The van der Waals surface area contributed by atoms with Crippen LogP contribution in [0.5, 0.6) is 5.75 Å². The van der Waals surface area contributed by atoms with Crippen LogP contribution in [0, 0.1) is 0 Å². The molecule has 1 aromatic carbocycles. The summed E-state index contributed by atoms with van der Waals surface area (Å²) in [6.07, 6.45) is 0.990. The average molecular weight is 271 g/mol. The predicted octanol–water partition coefficient (Wildman–Crippen LogP) is 3.09. The van der Waals surface area contributed by atoms with Gasteiger partial charge < -0.3 is 9.47 Å². The van der Waals surface area contributed by atoms with Crippen LogP contribution >= 0.6 is 15.9 Å². The van der Waals surface area contributed by atoms with Crippen LogP contribution in [0.15, 0.2) is 18.2 Å². The van der Waals surface area contributed by atoms with Crippen molar-refractivity contribution >= 4 is 15.9 Å². The van der Waals surface area contributed by atoms with Crippen molar-refractivity contribution in [2.24, 2.45) is 0 Å². The van der Waals surface area contributed by atoms with E-state index in [1.807, 2.05) is 13.0 Å². The Morgan fingerprint density at radius 1 is 1.53 bits per heavy atom. The van der Waals surface area contributed by atoms with Gasteiger partial charge in [-0.3, -0.25) is 0 Å². The quantitative estimate of drug-likeness (QED) is 0.769. The summed E-state index contributed by atoms with van der Waals surface area (Å²) in [7, 11) is 0. The fourth-order valence-corrected chi connectivity index (χ4v) is 2.42. The van der Waals surface area contributed by atoms with Crippen molar-refractivity contribution in [3.05, 3.63) is 29.3 Å². The zero-order valence-electron chi connectivity index (χ0n) is 8.83. The first-order valence-electron chi connectivity index (χ1n) is 5.28. The van der Waals surface area contributed by atoms with Crippen molar-refractivity contribution in [2.45, 2.75) is 18.2 Å². The Hall–Kier alpha value is -0.540.